The van der Waals surface area contributed by atoms with Crippen LogP contribution in [0.2, 0.25) is 0 Å². The number of benzene rings is 1. The molecule has 12 heteroatoms. The Kier molecular flexibility index (Phi) is 6.30. The van der Waals surface area contributed by atoms with Crippen LogP contribution in [0.3, 0.4) is 0 Å². The summed E-state index contributed by atoms with van der Waals surface area (Å²) in [5.74, 6) is -5.56. The van der Waals surface area contributed by atoms with Crippen molar-refractivity contribution in [1.29, 1.82) is 0 Å². The Labute approximate surface area is 158 Å². The van der Waals surface area contributed by atoms with Crippen LogP contribution >= 0.6 is 24.0 Å². The van der Waals surface area contributed by atoms with Gasteiger partial charge in [0.15, 0.2) is 5.11 Å². The van der Waals surface area contributed by atoms with Crippen molar-refractivity contribution in [2.75, 3.05) is 5.32 Å². The van der Waals surface area contributed by atoms with Crippen molar-refractivity contribution in [2.24, 2.45) is 0 Å². The van der Waals surface area contributed by atoms with Crippen LogP contribution in [0, 0.1) is 0 Å². The van der Waals surface area contributed by atoms with Gasteiger partial charge in [0.05, 0.1) is 12.8 Å². The Hall–Kier alpha value is -1.95. The number of alkyl halides is 7. The van der Waals surface area contributed by atoms with Crippen LogP contribution in [0.1, 0.15) is 5.76 Å². The summed E-state index contributed by atoms with van der Waals surface area (Å²) in [6, 6.07) is 7.77. The first-order valence-corrected chi connectivity index (χ1v) is 8.33. The maximum Gasteiger partial charge on any atom is 0.460 e. The second-order valence-electron chi connectivity index (χ2n) is 5.10. The first-order chi connectivity index (χ1) is 12.4. The molecule has 0 spiro atoms. The van der Waals surface area contributed by atoms with Crippen molar-refractivity contribution in [3.63, 3.8) is 0 Å². The summed E-state index contributed by atoms with van der Waals surface area (Å²) in [5, 5.41) is 0.309. The summed E-state index contributed by atoms with van der Waals surface area (Å²) < 4.78 is 94.0. The monoisotopic (exact) mass is 432 g/mol. The van der Waals surface area contributed by atoms with Gasteiger partial charge < -0.3 is 15.1 Å². The van der Waals surface area contributed by atoms with Gasteiger partial charge in [-0.05, 0) is 60.4 Å². The van der Waals surface area contributed by atoms with E-state index < -0.39 is 34.0 Å². The zero-order chi connectivity index (χ0) is 20.3. The van der Waals surface area contributed by atoms with Crippen LogP contribution in [0.4, 0.5) is 36.4 Å². The Morgan fingerprint density at radius 2 is 1.63 bits per heavy atom. The lowest BCUT2D eigenvalue weighted by atomic mass is 10.3. The predicted octanol–water partition coefficient (Wildman–Crippen LogP) is 5.65. The van der Waals surface area contributed by atoms with E-state index in [4.69, 9.17) is 16.6 Å². The molecule has 1 aromatic carbocycles. The van der Waals surface area contributed by atoms with E-state index in [1.165, 1.54) is 18.4 Å². The Morgan fingerprint density at radius 1 is 1.00 bits per heavy atom. The van der Waals surface area contributed by atoms with E-state index in [1.807, 2.05) is 0 Å². The number of hydrogen-bond donors (Lipinski definition) is 2. The van der Waals surface area contributed by atoms with Gasteiger partial charge in [0, 0.05) is 10.6 Å². The number of thiocarbonyl (C=S) groups is 1. The largest absolute Gasteiger partial charge is 0.467 e. The molecule has 0 radical (unpaired) electrons. The van der Waals surface area contributed by atoms with Crippen LogP contribution in [0.25, 0.3) is 0 Å². The molecule has 27 heavy (non-hydrogen) atoms. The summed E-state index contributed by atoms with van der Waals surface area (Å²) in [5.41, 5.74) is 0.321. The second-order valence-corrected chi connectivity index (χ2v) is 6.70. The van der Waals surface area contributed by atoms with Crippen molar-refractivity contribution in [3.05, 3.63) is 48.4 Å². The van der Waals surface area contributed by atoms with E-state index >= 15 is 0 Å². The molecule has 0 aliphatic carbocycles. The number of nitrogens with one attached hydrogen (secondary N) is 2. The van der Waals surface area contributed by atoms with Crippen LogP contribution in [-0.2, 0) is 6.54 Å². The fourth-order valence-corrected chi connectivity index (χ4v) is 2.74. The molecule has 3 nitrogen and oxygen atoms in total. The molecule has 0 fully saturated rings. The predicted molar refractivity (Wildman–Crippen MR) is 90.0 cm³/mol. The maximum atomic E-state index is 13.4. The molecular formula is C15H11F7N2OS2. The van der Waals surface area contributed by atoms with Crippen LogP contribution in [0.15, 0.2) is 52.0 Å². The van der Waals surface area contributed by atoms with Crippen molar-refractivity contribution in [1.82, 2.24) is 5.32 Å². The number of furan rings is 1. The van der Waals surface area contributed by atoms with Gasteiger partial charge in [-0.2, -0.15) is 30.7 Å². The molecule has 1 aromatic heterocycles. The lowest BCUT2D eigenvalue weighted by molar-refractivity contribution is -0.330. The van der Waals surface area contributed by atoms with E-state index in [2.05, 4.69) is 10.6 Å². The first kappa shape index (κ1) is 21.4. The lowest BCUT2D eigenvalue weighted by Gasteiger charge is -2.27. The molecule has 2 N–H and O–H groups in total. The summed E-state index contributed by atoms with van der Waals surface area (Å²) >= 11 is 4.13. The van der Waals surface area contributed by atoms with Gasteiger partial charge >= 0.3 is 17.4 Å². The third-order valence-corrected chi connectivity index (χ3v) is 4.35. The Morgan fingerprint density at radius 3 is 2.15 bits per heavy atom. The Bertz CT molecular complexity index is 761. The van der Waals surface area contributed by atoms with Crippen molar-refractivity contribution in [3.8, 4) is 0 Å². The highest BCUT2D eigenvalue weighted by Gasteiger charge is 2.73. The molecule has 2 aromatic rings. The molecule has 0 bridgehead atoms. The number of hydrogen-bond acceptors (Lipinski definition) is 3. The number of thioether (sulfide) groups is 1. The van der Waals surface area contributed by atoms with Gasteiger partial charge in [-0.3, -0.25) is 0 Å². The number of rotatable bonds is 6. The molecule has 1 heterocycles. The minimum absolute atomic E-state index is 0.167. The minimum Gasteiger partial charge on any atom is -0.467 e. The average molecular weight is 432 g/mol. The highest BCUT2D eigenvalue weighted by molar-refractivity contribution is 8.00. The fourth-order valence-electron chi connectivity index (χ4n) is 1.74. The minimum atomic E-state index is -6.36. The molecule has 0 atom stereocenters. The van der Waals surface area contributed by atoms with Gasteiger partial charge in [0.25, 0.3) is 0 Å². The lowest BCUT2D eigenvalue weighted by Crippen LogP contribution is -2.49. The Balaban J connectivity index is 1.95. The summed E-state index contributed by atoms with van der Waals surface area (Å²) in [4.78, 5) is -0.469. The molecule has 0 aliphatic heterocycles. The van der Waals surface area contributed by atoms with Crippen molar-refractivity contribution >= 4 is 34.8 Å². The van der Waals surface area contributed by atoms with Gasteiger partial charge in [-0.25, -0.2) is 0 Å². The van der Waals surface area contributed by atoms with E-state index in [9.17, 15) is 30.7 Å². The van der Waals surface area contributed by atoms with E-state index in [1.54, 1.807) is 12.1 Å². The SMILES string of the molecule is FC(F)(F)C(F)(F)C(F)(F)Sc1ccc(NC(=S)NCc2ccco2)cc1. The molecule has 0 amide bonds. The smallest absolute Gasteiger partial charge is 0.460 e. The van der Waals surface area contributed by atoms with Gasteiger partial charge in [0.2, 0.25) is 0 Å². The zero-order valence-electron chi connectivity index (χ0n) is 13.1. The van der Waals surface area contributed by atoms with Gasteiger partial charge in [-0.1, -0.05) is 0 Å². The molecule has 148 valence electrons. The average Bonchev–Trinajstić information content (AvgIpc) is 3.07. The summed E-state index contributed by atoms with van der Waals surface area (Å²) in [7, 11) is 0. The first-order valence-electron chi connectivity index (χ1n) is 7.11. The third-order valence-electron chi connectivity index (χ3n) is 3.08. The quantitative estimate of drug-likeness (QED) is 0.351. The number of halogens is 7. The van der Waals surface area contributed by atoms with E-state index in [0.717, 1.165) is 12.1 Å². The summed E-state index contributed by atoms with van der Waals surface area (Å²) in [6.07, 6.45) is -4.89. The molecule has 0 aliphatic rings. The summed E-state index contributed by atoms with van der Waals surface area (Å²) in [6.45, 7) is 0.283. The van der Waals surface area contributed by atoms with Crippen molar-refractivity contribution < 1.29 is 35.2 Å². The molecule has 2 rings (SSSR count). The molecule has 0 saturated carbocycles. The molecule has 0 saturated heterocycles. The van der Waals surface area contributed by atoms with Gasteiger partial charge in [0.1, 0.15) is 5.76 Å². The van der Waals surface area contributed by atoms with Crippen LogP contribution < -0.4 is 10.6 Å². The van der Waals surface area contributed by atoms with E-state index in [-0.39, 0.29) is 11.7 Å². The maximum absolute atomic E-state index is 13.4. The third kappa shape index (κ3) is 5.28. The molecular weight excluding hydrogens is 421 g/mol. The van der Waals surface area contributed by atoms with Crippen LogP contribution in [-0.4, -0.2) is 22.5 Å². The normalized spacial score (nSPS) is 12.7. The fraction of sp³-hybridized carbons (Fsp3) is 0.267. The highest BCUT2D eigenvalue weighted by atomic mass is 32.2. The highest BCUT2D eigenvalue weighted by Crippen LogP contribution is 2.53. The standard InChI is InChI=1S/C15H11F7N2OS2/c16-13(17,14(18,19)20)15(21,22)27-11-5-3-9(4-6-11)24-12(26)23-8-10-2-1-7-25-10/h1-7H,8H2,(H2,23,24,26). The topological polar surface area (TPSA) is 37.2 Å². The number of anilines is 1. The zero-order valence-corrected chi connectivity index (χ0v) is 14.8. The van der Waals surface area contributed by atoms with Gasteiger partial charge in [-0.15, -0.1) is 0 Å². The second kappa shape index (κ2) is 7.97. The van der Waals surface area contributed by atoms with E-state index in [0.29, 0.717) is 11.4 Å². The van der Waals surface area contributed by atoms with Crippen LogP contribution in [0.5, 0.6) is 0 Å². The molecule has 0 unspecified atom stereocenters. The van der Waals surface area contributed by atoms with Crippen molar-refractivity contribution in [2.45, 2.75) is 28.8 Å².